The van der Waals surface area contributed by atoms with Crippen molar-refractivity contribution >= 4 is 27.8 Å². The summed E-state index contributed by atoms with van der Waals surface area (Å²) in [5, 5.41) is 14.4. The minimum Gasteiger partial charge on any atom is -0.376 e. The Morgan fingerprint density at radius 2 is 2.13 bits per heavy atom. The molecule has 0 aromatic carbocycles. The van der Waals surface area contributed by atoms with Crippen LogP contribution >= 0.6 is 11.3 Å². The summed E-state index contributed by atoms with van der Waals surface area (Å²) in [6.07, 6.45) is 2.12. The molecule has 2 atom stereocenters. The molecule has 166 valence electrons. The first kappa shape index (κ1) is 22.7. The molecular formula is C20H30N4O5S. The fourth-order valence-corrected chi connectivity index (χ4v) is 4.66. The Morgan fingerprint density at radius 1 is 1.40 bits per heavy atom. The average Bonchev–Trinajstić information content (AvgIpc) is 3.26. The lowest BCUT2D eigenvalue weighted by Gasteiger charge is -2.23. The van der Waals surface area contributed by atoms with Gasteiger partial charge in [-0.05, 0) is 53.0 Å². The normalized spacial score (nSPS) is 18.5. The fourth-order valence-electron chi connectivity index (χ4n) is 3.49. The van der Waals surface area contributed by atoms with Gasteiger partial charge in [-0.1, -0.05) is 0 Å². The topological polar surface area (TPSA) is 107 Å². The molecule has 3 heterocycles. The van der Waals surface area contributed by atoms with Gasteiger partial charge in [0.1, 0.15) is 4.83 Å². The van der Waals surface area contributed by atoms with E-state index in [0.717, 1.165) is 23.3 Å². The third-order valence-corrected chi connectivity index (χ3v) is 6.14. The largest absolute Gasteiger partial charge is 0.376 e. The molecular weight excluding hydrogens is 408 g/mol. The van der Waals surface area contributed by atoms with Gasteiger partial charge in [0.25, 0.3) is 12.0 Å². The van der Waals surface area contributed by atoms with Gasteiger partial charge in [-0.25, -0.2) is 4.79 Å². The molecule has 9 nitrogen and oxygen atoms in total. The van der Waals surface area contributed by atoms with E-state index in [4.69, 9.17) is 9.47 Å². The Bertz CT molecular complexity index is 1040. The van der Waals surface area contributed by atoms with E-state index in [1.54, 1.807) is 11.5 Å². The van der Waals surface area contributed by atoms with Crippen LogP contribution < -0.4 is 16.7 Å². The maximum atomic E-state index is 13.0. The molecule has 0 radical (unpaired) electrons. The lowest BCUT2D eigenvalue weighted by atomic mass is 10.2. The molecule has 1 aliphatic rings. The van der Waals surface area contributed by atoms with Gasteiger partial charge in [-0.2, -0.15) is 5.10 Å². The number of fused-ring (bicyclic) bond motifs is 1. The van der Waals surface area contributed by atoms with Crippen LogP contribution in [-0.2, 0) is 22.6 Å². The van der Waals surface area contributed by atoms with Crippen molar-refractivity contribution in [1.82, 2.24) is 14.6 Å². The molecule has 0 saturated carbocycles. The summed E-state index contributed by atoms with van der Waals surface area (Å²) >= 11 is 1.33. The highest BCUT2D eigenvalue weighted by Gasteiger charge is 2.23. The van der Waals surface area contributed by atoms with E-state index >= 15 is 0 Å². The number of rotatable bonds is 7. The second-order valence-corrected chi connectivity index (χ2v) is 9.35. The van der Waals surface area contributed by atoms with E-state index in [0.29, 0.717) is 29.9 Å². The average molecular weight is 439 g/mol. The van der Waals surface area contributed by atoms with E-state index < -0.39 is 12.0 Å². The maximum absolute atomic E-state index is 13.0. The van der Waals surface area contributed by atoms with Crippen molar-refractivity contribution in [3.63, 3.8) is 0 Å². The monoisotopic (exact) mass is 438 g/mol. The van der Waals surface area contributed by atoms with Crippen LogP contribution in [0.25, 0.3) is 10.2 Å². The number of aryl methyl sites for hydroxylation is 1. The highest BCUT2D eigenvalue weighted by atomic mass is 32.1. The number of ether oxygens (including phenoxy) is 2. The minimum atomic E-state index is -1.26. The number of aliphatic hydroxyl groups excluding tert-OH is 1. The third-order valence-electron chi connectivity index (χ3n) is 4.89. The molecule has 2 N–H and O–H groups in total. The summed E-state index contributed by atoms with van der Waals surface area (Å²) in [6, 6.07) is 0. The van der Waals surface area contributed by atoms with Crippen molar-refractivity contribution in [3.05, 3.63) is 31.3 Å². The van der Waals surface area contributed by atoms with E-state index in [2.05, 4.69) is 10.5 Å². The Kier molecular flexibility index (Phi) is 6.81. The van der Waals surface area contributed by atoms with Gasteiger partial charge in [-0.3, -0.25) is 19.4 Å². The first-order valence-corrected chi connectivity index (χ1v) is 11.0. The first-order chi connectivity index (χ1) is 14.1. The summed E-state index contributed by atoms with van der Waals surface area (Å²) in [4.78, 5) is 27.3. The molecule has 1 fully saturated rings. The molecule has 1 aliphatic heterocycles. The third kappa shape index (κ3) is 4.83. The van der Waals surface area contributed by atoms with Crippen molar-refractivity contribution in [2.24, 2.45) is 5.10 Å². The van der Waals surface area contributed by atoms with Gasteiger partial charge in [0, 0.05) is 13.2 Å². The number of nitrogens with zero attached hydrogens (tertiary/aromatic N) is 3. The summed E-state index contributed by atoms with van der Waals surface area (Å²) in [6.45, 7) is 10.5. The number of hydrogen-bond acceptors (Lipinski definition) is 8. The predicted octanol–water partition coefficient (Wildman–Crippen LogP) is 1.75. The molecule has 2 aromatic heterocycles. The SMILES string of the molecule is CCn1c(=O)c2c(C)c(/C=N/NC(O)OC(C)(C)C)sc2n(CC2CCCO2)c1=O. The van der Waals surface area contributed by atoms with Crippen molar-refractivity contribution in [1.29, 1.82) is 0 Å². The number of aromatic nitrogens is 2. The van der Waals surface area contributed by atoms with E-state index in [1.807, 2.05) is 27.7 Å². The number of hydrogen-bond donors (Lipinski definition) is 2. The lowest BCUT2D eigenvalue weighted by molar-refractivity contribution is -0.181. The lowest BCUT2D eigenvalue weighted by Crippen LogP contribution is -2.40. The number of thiophene rings is 1. The quantitative estimate of drug-likeness (QED) is 0.387. The standard InChI is InChI=1S/C20H30N4O5S/c1-6-23-16(25)15-12(2)14(10-21-22-18(26)29-20(3,4)5)30-17(15)24(19(23)27)11-13-8-7-9-28-13/h10,13,18,22,26H,6-9,11H2,1-5H3/b21-10+. The molecule has 0 bridgehead atoms. The molecule has 0 spiro atoms. The van der Waals surface area contributed by atoms with Gasteiger partial charge >= 0.3 is 5.69 Å². The zero-order valence-electron chi connectivity index (χ0n) is 18.1. The summed E-state index contributed by atoms with van der Waals surface area (Å²) in [5.74, 6) is 0. The fraction of sp³-hybridized carbons (Fsp3) is 0.650. The van der Waals surface area contributed by atoms with Gasteiger partial charge < -0.3 is 14.6 Å². The van der Waals surface area contributed by atoms with Crippen molar-refractivity contribution in [2.45, 2.75) is 78.7 Å². The summed E-state index contributed by atoms with van der Waals surface area (Å²) in [7, 11) is 0. The zero-order valence-corrected chi connectivity index (χ0v) is 18.9. The van der Waals surface area contributed by atoms with Crippen LogP contribution in [0, 0.1) is 6.92 Å². The van der Waals surface area contributed by atoms with Crippen LogP contribution in [0.1, 0.15) is 51.0 Å². The molecule has 10 heteroatoms. The van der Waals surface area contributed by atoms with Gasteiger partial charge in [-0.15, -0.1) is 11.3 Å². The van der Waals surface area contributed by atoms with Crippen LogP contribution in [0.4, 0.5) is 0 Å². The van der Waals surface area contributed by atoms with Crippen LogP contribution in [0.5, 0.6) is 0 Å². The zero-order chi connectivity index (χ0) is 22.1. The molecule has 0 amide bonds. The van der Waals surface area contributed by atoms with E-state index in [9.17, 15) is 14.7 Å². The molecule has 2 unspecified atom stereocenters. The number of hydrazone groups is 1. The van der Waals surface area contributed by atoms with Gasteiger partial charge in [0.2, 0.25) is 0 Å². The van der Waals surface area contributed by atoms with Crippen molar-refractivity contribution in [3.8, 4) is 0 Å². The molecule has 1 saturated heterocycles. The highest BCUT2D eigenvalue weighted by Crippen LogP contribution is 2.27. The predicted molar refractivity (Wildman–Crippen MR) is 117 cm³/mol. The Morgan fingerprint density at radius 3 is 2.73 bits per heavy atom. The Balaban J connectivity index is 1.98. The molecule has 30 heavy (non-hydrogen) atoms. The van der Waals surface area contributed by atoms with Crippen LogP contribution in [-0.4, -0.2) is 45.2 Å². The highest BCUT2D eigenvalue weighted by molar-refractivity contribution is 7.20. The molecule has 3 rings (SSSR count). The van der Waals surface area contributed by atoms with Gasteiger partial charge in [0.05, 0.1) is 34.7 Å². The second kappa shape index (κ2) is 9.01. The number of aliphatic hydroxyl groups is 1. The Labute approximate surface area is 178 Å². The minimum absolute atomic E-state index is 0.0282. The smallest absolute Gasteiger partial charge is 0.332 e. The molecule has 0 aliphatic carbocycles. The van der Waals surface area contributed by atoms with Crippen LogP contribution in [0.3, 0.4) is 0 Å². The first-order valence-electron chi connectivity index (χ1n) is 10.1. The van der Waals surface area contributed by atoms with Gasteiger partial charge in [0.15, 0.2) is 0 Å². The van der Waals surface area contributed by atoms with E-state index in [1.165, 1.54) is 22.1 Å². The summed E-state index contributed by atoms with van der Waals surface area (Å²) in [5.41, 5.74) is 2.13. The van der Waals surface area contributed by atoms with E-state index in [-0.39, 0.29) is 17.4 Å². The maximum Gasteiger partial charge on any atom is 0.332 e. The number of nitrogens with one attached hydrogen (secondary N) is 1. The van der Waals surface area contributed by atoms with Crippen LogP contribution in [0.15, 0.2) is 14.7 Å². The molecule has 2 aromatic rings. The van der Waals surface area contributed by atoms with Crippen LogP contribution in [0.2, 0.25) is 0 Å². The van der Waals surface area contributed by atoms with Crippen molar-refractivity contribution in [2.75, 3.05) is 6.61 Å². The second-order valence-electron chi connectivity index (χ2n) is 8.32. The Hall–Kier alpha value is -2.01. The summed E-state index contributed by atoms with van der Waals surface area (Å²) < 4.78 is 14.0. The van der Waals surface area contributed by atoms with Crippen molar-refractivity contribution < 1.29 is 14.6 Å².